The molecular weight excluding hydrogens is 383 g/mol. The van der Waals surface area contributed by atoms with Crippen molar-refractivity contribution in [3.05, 3.63) is 57.7 Å². The van der Waals surface area contributed by atoms with Crippen LogP contribution < -0.4 is 0 Å². The number of ether oxygens (including phenoxy) is 1. The van der Waals surface area contributed by atoms with E-state index in [0.717, 1.165) is 6.42 Å². The molecule has 2 rings (SSSR count). The van der Waals surface area contributed by atoms with Gasteiger partial charge in [-0.25, -0.2) is 12.1 Å². The van der Waals surface area contributed by atoms with Gasteiger partial charge < -0.3 is 55.2 Å². The summed E-state index contributed by atoms with van der Waals surface area (Å²) >= 11 is 2.28. The Hall–Kier alpha value is -0.581. The molecule has 18 heavy (non-hydrogen) atoms. The second-order valence-corrected chi connectivity index (χ2v) is 4.72. The Morgan fingerprint density at radius 1 is 1.28 bits per heavy atom. The van der Waals surface area contributed by atoms with E-state index in [9.17, 15) is 4.79 Å². The van der Waals surface area contributed by atoms with Crippen molar-refractivity contribution in [1.29, 1.82) is 0 Å². The molecule has 0 saturated heterocycles. The third-order valence-corrected chi connectivity index (χ3v) is 2.92. The summed E-state index contributed by atoms with van der Waals surface area (Å²) in [5.41, 5.74) is 1.19. The van der Waals surface area contributed by atoms with Crippen molar-refractivity contribution in [2.75, 3.05) is 7.11 Å². The van der Waals surface area contributed by atoms with E-state index in [2.05, 4.69) is 39.5 Å². The second kappa shape index (κ2) is 10.4. The fourth-order valence-electron chi connectivity index (χ4n) is 1.28. The third kappa shape index (κ3) is 7.69. The molecule has 2 nitrogen and oxygen atoms in total. The van der Waals surface area contributed by atoms with Gasteiger partial charge in [0, 0.05) is 23.5 Å². The van der Waals surface area contributed by atoms with E-state index in [0.29, 0.717) is 6.42 Å². The summed E-state index contributed by atoms with van der Waals surface area (Å²) < 4.78 is 5.82. The van der Waals surface area contributed by atoms with Gasteiger partial charge in [-0.2, -0.15) is 17.7 Å². The van der Waals surface area contributed by atoms with Gasteiger partial charge in [-0.1, -0.05) is 6.42 Å². The number of hydrogen-bond donors (Lipinski definition) is 0. The van der Waals surface area contributed by atoms with Gasteiger partial charge in [-0.05, 0) is 0 Å². The summed E-state index contributed by atoms with van der Waals surface area (Å²) in [6, 6.07) is 16.1. The number of halogens is 1. The van der Waals surface area contributed by atoms with Crippen LogP contribution in [0.2, 0.25) is 0 Å². The Morgan fingerprint density at radius 2 is 1.83 bits per heavy atom. The van der Waals surface area contributed by atoms with Crippen molar-refractivity contribution >= 4 is 28.6 Å². The molecule has 4 heteroatoms. The molecule has 0 unspecified atom stereocenters. The normalized spacial score (nSPS) is 8.78. The van der Waals surface area contributed by atoms with Gasteiger partial charge in [-0.15, -0.1) is 0 Å². The predicted octanol–water partition coefficient (Wildman–Crippen LogP) is 3.52. The van der Waals surface area contributed by atoms with Crippen LogP contribution in [-0.4, -0.2) is 13.1 Å². The summed E-state index contributed by atoms with van der Waals surface area (Å²) in [5, 5.41) is 0. The topological polar surface area (TPSA) is 26.3 Å². The van der Waals surface area contributed by atoms with Gasteiger partial charge in [0.05, 0.1) is 7.11 Å². The summed E-state index contributed by atoms with van der Waals surface area (Å²) in [5.74, 6) is -0.147. The van der Waals surface area contributed by atoms with Crippen LogP contribution in [0.5, 0.6) is 0 Å². The quantitative estimate of drug-likeness (QED) is 0.343. The number of hydrogen-bond acceptors (Lipinski definition) is 2. The van der Waals surface area contributed by atoms with Crippen LogP contribution in [0.25, 0.3) is 0 Å². The van der Waals surface area contributed by atoms with Crippen LogP contribution in [0.3, 0.4) is 0 Å². The zero-order chi connectivity index (χ0) is 12.5. The Kier molecular flexibility index (Phi) is 10.0. The summed E-state index contributed by atoms with van der Waals surface area (Å²) in [7, 11) is 1.41. The van der Waals surface area contributed by atoms with Crippen LogP contribution in [0.1, 0.15) is 12.0 Å². The van der Waals surface area contributed by atoms with Gasteiger partial charge >= 0.3 is 5.97 Å². The van der Waals surface area contributed by atoms with E-state index in [-0.39, 0.29) is 23.0 Å². The van der Waals surface area contributed by atoms with E-state index in [1.807, 2.05) is 36.4 Å². The molecule has 0 aromatic heterocycles. The van der Waals surface area contributed by atoms with E-state index >= 15 is 0 Å². The maximum absolute atomic E-state index is 10.7. The SMILES string of the molecule is COC(=O)CC[c-]1cccc1.I[c-]1[cH-][cH-][cH-][cH-]1.[Fe]. The standard InChI is InChI=1S/C9H11O2.C5H4I.Fe/c1-11-9(10)7-6-8-4-2-3-5-8;6-5-3-1-2-4-5;/h2-5H,6-7H2,1H3;1-4H;/q-1;-5;. The first-order valence-electron chi connectivity index (χ1n) is 5.37. The van der Waals surface area contributed by atoms with Crippen LogP contribution in [0.15, 0.2) is 48.5 Å². The summed E-state index contributed by atoms with van der Waals surface area (Å²) in [6.45, 7) is 0. The van der Waals surface area contributed by atoms with E-state index in [4.69, 9.17) is 0 Å². The predicted molar refractivity (Wildman–Crippen MR) is 77.1 cm³/mol. The molecule has 0 aliphatic rings. The molecule has 0 amide bonds. The Bertz CT molecular complexity index is 407. The van der Waals surface area contributed by atoms with Gasteiger partial charge in [0.15, 0.2) is 0 Å². The Labute approximate surface area is 132 Å². The monoisotopic (exact) mass is 398 g/mol. The smallest absolute Gasteiger partial charge is 0.304 e. The molecule has 0 heterocycles. The van der Waals surface area contributed by atoms with Gasteiger partial charge in [-0.3, -0.25) is 4.79 Å². The van der Waals surface area contributed by atoms with Gasteiger partial charge in [0.25, 0.3) is 0 Å². The number of carbonyl (C=O) groups excluding carboxylic acids is 1. The molecule has 0 aliphatic carbocycles. The first-order chi connectivity index (χ1) is 8.22. The number of aryl methyl sites for hydroxylation is 1. The largest absolute Gasteiger partial charge is 0.747 e. The fraction of sp³-hybridized carbons (Fsp3) is 0.214. The molecule has 2 aromatic rings. The molecule has 0 saturated carbocycles. The minimum absolute atomic E-state index is 0. The number of esters is 1. The average molecular weight is 398 g/mol. The average Bonchev–Trinajstić information content (AvgIpc) is 2.99. The van der Waals surface area contributed by atoms with Gasteiger partial charge in [0.2, 0.25) is 0 Å². The summed E-state index contributed by atoms with van der Waals surface area (Å²) in [4.78, 5) is 10.7. The van der Waals surface area contributed by atoms with Crippen LogP contribution in [0.4, 0.5) is 0 Å². The third-order valence-electron chi connectivity index (χ3n) is 2.20. The number of rotatable bonds is 3. The van der Waals surface area contributed by atoms with E-state index in [1.54, 1.807) is 0 Å². The molecule has 104 valence electrons. The molecular formula is C14H15FeIO2-6. The van der Waals surface area contributed by atoms with Gasteiger partial charge in [0.1, 0.15) is 0 Å². The number of carbonyl (C=O) groups is 1. The molecule has 2 aromatic carbocycles. The van der Waals surface area contributed by atoms with E-state index in [1.165, 1.54) is 16.2 Å². The molecule has 0 atom stereocenters. The van der Waals surface area contributed by atoms with Crippen LogP contribution in [-0.2, 0) is 33.0 Å². The molecule has 0 spiro atoms. The Morgan fingerprint density at radius 3 is 2.22 bits per heavy atom. The number of methoxy groups -OCH3 is 1. The van der Waals surface area contributed by atoms with Crippen molar-refractivity contribution in [2.24, 2.45) is 0 Å². The molecule has 0 aliphatic heterocycles. The molecule has 0 N–H and O–H groups in total. The first-order valence-corrected chi connectivity index (χ1v) is 6.45. The molecule has 0 radical (unpaired) electrons. The van der Waals surface area contributed by atoms with E-state index < -0.39 is 0 Å². The summed E-state index contributed by atoms with van der Waals surface area (Å²) in [6.07, 6.45) is 1.25. The first kappa shape index (κ1) is 17.4. The minimum Gasteiger partial charge on any atom is -0.747 e. The van der Waals surface area contributed by atoms with Crippen molar-refractivity contribution < 1.29 is 26.6 Å². The van der Waals surface area contributed by atoms with Crippen LogP contribution >= 0.6 is 22.6 Å². The maximum Gasteiger partial charge on any atom is 0.304 e. The zero-order valence-corrected chi connectivity index (χ0v) is 13.3. The zero-order valence-electron chi connectivity index (χ0n) is 10.1. The van der Waals surface area contributed by atoms with Crippen molar-refractivity contribution in [2.45, 2.75) is 12.8 Å². The fourth-order valence-corrected chi connectivity index (χ4v) is 1.69. The van der Waals surface area contributed by atoms with Crippen molar-refractivity contribution in [3.63, 3.8) is 0 Å². The molecule has 0 bridgehead atoms. The Balaban J connectivity index is 0.000000352. The maximum atomic E-state index is 10.7. The van der Waals surface area contributed by atoms with Crippen LogP contribution in [0, 0.1) is 3.57 Å². The minimum atomic E-state index is -0.147. The molecule has 0 fully saturated rings. The van der Waals surface area contributed by atoms with Crippen molar-refractivity contribution in [3.8, 4) is 0 Å². The second-order valence-electron chi connectivity index (χ2n) is 3.47. The van der Waals surface area contributed by atoms with Crippen molar-refractivity contribution in [1.82, 2.24) is 0 Å².